The van der Waals surface area contributed by atoms with Gasteiger partial charge in [0.25, 0.3) is 0 Å². The first kappa shape index (κ1) is 9.58. The van der Waals surface area contributed by atoms with E-state index < -0.39 is 0 Å². The van der Waals surface area contributed by atoms with Crippen LogP contribution in [0.25, 0.3) is 0 Å². The molecule has 0 amide bonds. The van der Waals surface area contributed by atoms with Gasteiger partial charge in [0.2, 0.25) is 0 Å². The van der Waals surface area contributed by atoms with Gasteiger partial charge in [-0.2, -0.15) is 0 Å². The Morgan fingerprint density at radius 3 is 2.83 bits per heavy atom. The molecule has 0 aliphatic heterocycles. The summed E-state index contributed by atoms with van der Waals surface area (Å²) < 4.78 is 0. The normalized spacial score (nSPS) is 12.9. The molecule has 0 aliphatic carbocycles. The Morgan fingerprint density at radius 1 is 1.50 bits per heavy atom. The molecule has 1 unspecified atom stereocenters. The van der Waals surface area contributed by atoms with Gasteiger partial charge in [-0.3, -0.25) is 0 Å². The molecule has 0 radical (unpaired) electrons. The van der Waals surface area contributed by atoms with Crippen molar-refractivity contribution in [1.82, 2.24) is 0 Å². The highest BCUT2D eigenvalue weighted by Crippen LogP contribution is 2.16. The van der Waals surface area contributed by atoms with Gasteiger partial charge in [0, 0.05) is 17.5 Å². The molecule has 0 bridgehead atoms. The van der Waals surface area contributed by atoms with E-state index in [2.05, 4.69) is 12.6 Å². The first-order chi connectivity index (χ1) is 5.74. The maximum Gasteiger partial charge on any atom is 0.0449 e. The minimum atomic E-state index is -0.0814. The van der Waals surface area contributed by atoms with Gasteiger partial charge < -0.3 is 10.8 Å². The van der Waals surface area contributed by atoms with Crippen molar-refractivity contribution in [2.75, 3.05) is 6.61 Å². The lowest BCUT2D eigenvalue weighted by atomic mass is 10.1. The van der Waals surface area contributed by atoms with Crippen LogP contribution in [0.2, 0.25) is 0 Å². The summed E-state index contributed by atoms with van der Waals surface area (Å²) in [6, 6.07) is 7.60. The molecule has 0 spiro atoms. The Hall–Kier alpha value is -0.510. The van der Waals surface area contributed by atoms with E-state index in [1.165, 1.54) is 0 Å². The number of thiol groups is 1. The molecule has 12 heavy (non-hydrogen) atoms. The fourth-order valence-corrected chi connectivity index (χ4v) is 1.30. The van der Waals surface area contributed by atoms with Crippen LogP contribution in [0.3, 0.4) is 0 Å². The molecule has 1 atom stereocenters. The molecule has 0 aromatic heterocycles. The predicted octanol–water partition coefficient (Wildman–Crippen LogP) is 1.36. The largest absolute Gasteiger partial charge is 0.396 e. The summed E-state index contributed by atoms with van der Waals surface area (Å²) in [6.07, 6.45) is 0.594. The Bertz CT molecular complexity index is 252. The van der Waals surface area contributed by atoms with Crippen LogP contribution in [0, 0.1) is 0 Å². The maximum atomic E-state index is 8.67. The van der Waals surface area contributed by atoms with Crippen LogP contribution in [0.5, 0.6) is 0 Å². The van der Waals surface area contributed by atoms with Crippen LogP contribution >= 0.6 is 12.6 Å². The Morgan fingerprint density at radius 2 is 2.25 bits per heavy atom. The van der Waals surface area contributed by atoms with E-state index in [-0.39, 0.29) is 12.6 Å². The molecular weight excluding hydrogens is 170 g/mol. The summed E-state index contributed by atoms with van der Waals surface area (Å²) in [7, 11) is 0. The predicted molar refractivity (Wildman–Crippen MR) is 52.3 cm³/mol. The Labute approximate surface area is 77.8 Å². The van der Waals surface area contributed by atoms with Crippen LogP contribution in [0.4, 0.5) is 0 Å². The second-order valence-electron chi connectivity index (χ2n) is 2.71. The fraction of sp³-hybridized carbons (Fsp3) is 0.333. The summed E-state index contributed by atoms with van der Waals surface area (Å²) in [5.74, 6) is 0. The Balaban J connectivity index is 2.73. The third-order valence-corrected chi connectivity index (χ3v) is 2.02. The van der Waals surface area contributed by atoms with E-state index in [9.17, 15) is 0 Å². The summed E-state index contributed by atoms with van der Waals surface area (Å²) >= 11 is 4.20. The highest BCUT2D eigenvalue weighted by Gasteiger charge is 2.03. The number of rotatable bonds is 3. The fourth-order valence-electron chi connectivity index (χ4n) is 1.06. The van der Waals surface area contributed by atoms with Gasteiger partial charge in [0.1, 0.15) is 0 Å². The zero-order chi connectivity index (χ0) is 8.97. The van der Waals surface area contributed by atoms with Crippen LogP contribution in [-0.2, 0) is 0 Å². The zero-order valence-corrected chi connectivity index (χ0v) is 7.67. The molecule has 1 rings (SSSR count). The highest BCUT2D eigenvalue weighted by molar-refractivity contribution is 7.80. The second kappa shape index (κ2) is 4.50. The van der Waals surface area contributed by atoms with Crippen molar-refractivity contribution in [2.45, 2.75) is 17.4 Å². The molecular formula is C9H13NOS. The van der Waals surface area contributed by atoms with Crippen molar-refractivity contribution in [3.8, 4) is 0 Å². The molecule has 0 saturated carbocycles. The lowest BCUT2D eigenvalue weighted by Crippen LogP contribution is -2.11. The minimum Gasteiger partial charge on any atom is -0.396 e. The van der Waals surface area contributed by atoms with E-state index >= 15 is 0 Å². The summed E-state index contributed by atoms with van der Waals surface area (Å²) in [6.45, 7) is 0.123. The third kappa shape index (κ3) is 2.52. The standard InChI is InChI=1S/C9H13NOS/c10-9(4-5-11)7-2-1-3-8(12)6-7/h1-3,6,9,11-12H,4-5,10H2. The summed E-state index contributed by atoms with van der Waals surface area (Å²) in [5.41, 5.74) is 6.81. The second-order valence-corrected chi connectivity index (χ2v) is 3.23. The van der Waals surface area contributed by atoms with Gasteiger partial charge in [-0.1, -0.05) is 12.1 Å². The summed E-state index contributed by atoms with van der Waals surface area (Å²) in [4.78, 5) is 0.904. The Kier molecular flexibility index (Phi) is 3.59. The van der Waals surface area contributed by atoms with E-state index in [0.717, 1.165) is 10.5 Å². The van der Waals surface area contributed by atoms with E-state index in [1.54, 1.807) is 0 Å². The quantitative estimate of drug-likeness (QED) is 0.620. The van der Waals surface area contributed by atoms with E-state index in [0.29, 0.717) is 6.42 Å². The zero-order valence-electron chi connectivity index (χ0n) is 6.77. The molecule has 2 nitrogen and oxygen atoms in total. The average Bonchev–Trinajstić information content (AvgIpc) is 2.05. The van der Waals surface area contributed by atoms with Crippen molar-refractivity contribution in [1.29, 1.82) is 0 Å². The van der Waals surface area contributed by atoms with Crippen LogP contribution in [0.15, 0.2) is 29.2 Å². The summed E-state index contributed by atoms with van der Waals surface area (Å²) in [5, 5.41) is 8.67. The number of aliphatic hydroxyl groups is 1. The van der Waals surface area contributed by atoms with Crippen molar-refractivity contribution in [3.63, 3.8) is 0 Å². The molecule has 0 fully saturated rings. The number of nitrogens with two attached hydrogens (primary N) is 1. The molecule has 0 heterocycles. The molecule has 3 heteroatoms. The van der Waals surface area contributed by atoms with Crippen molar-refractivity contribution in [2.24, 2.45) is 5.73 Å². The molecule has 1 aromatic carbocycles. The number of hydrogen-bond donors (Lipinski definition) is 3. The van der Waals surface area contributed by atoms with Gasteiger partial charge >= 0.3 is 0 Å². The molecule has 3 N–H and O–H groups in total. The van der Waals surface area contributed by atoms with E-state index in [4.69, 9.17) is 10.8 Å². The van der Waals surface area contributed by atoms with Crippen LogP contribution in [0.1, 0.15) is 18.0 Å². The number of hydrogen-bond acceptors (Lipinski definition) is 3. The third-order valence-electron chi connectivity index (χ3n) is 1.74. The number of benzene rings is 1. The first-order valence-electron chi connectivity index (χ1n) is 3.89. The molecule has 0 aliphatic rings. The lowest BCUT2D eigenvalue weighted by molar-refractivity contribution is 0.276. The lowest BCUT2D eigenvalue weighted by Gasteiger charge is -2.09. The molecule has 1 aromatic rings. The highest BCUT2D eigenvalue weighted by atomic mass is 32.1. The SMILES string of the molecule is NC(CCO)c1cccc(S)c1. The van der Waals surface area contributed by atoms with Gasteiger partial charge in [-0.15, -0.1) is 12.6 Å². The van der Waals surface area contributed by atoms with Crippen molar-refractivity contribution in [3.05, 3.63) is 29.8 Å². The number of aliphatic hydroxyl groups excluding tert-OH is 1. The smallest absolute Gasteiger partial charge is 0.0449 e. The van der Waals surface area contributed by atoms with Gasteiger partial charge in [-0.05, 0) is 24.1 Å². The average molecular weight is 183 g/mol. The van der Waals surface area contributed by atoms with Crippen molar-refractivity contribution < 1.29 is 5.11 Å². The molecule has 0 saturated heterocycles. The monoisotopic (exact) mass is 183 g/mol. The first-order valence-corrected chi connectivity index (χ1v) is 4.34. The van der Waals surface area contributed by atoms with Crippen LogP contribution < -0.4 is 5.73 Å². The maximum absolute atomic E-state index is 8.67. The van der Waals surface area contributed by atoms with Gasteiger partial charge in [0.15, 0.2) is 0 Å². The van der Waals surface area contributed by atoms with E-state index in [1.807, 2.05) is 24.3 Å². The van der Waals surface area contributed by atoms with Crippen molar-refractivity contribution >= 4 is 12.6 Å². The topological polar surface area (TPSA) is 46.2 Å². The minimum absolute atomic E-state index is 0.0814. The van der Waals surface area contributed by atoms with Crippen LogP contribution in [-0.4, -0.2) is 11.7 Å². The van der Waals surface area contributed by atoms with Gasteiger partial charge in [0.05, 0.1) is 0 Å². The molecule has 66 valence electrons. The van der Waals surface area contributed by atoms with Gasteiger partial charge in [-0.25, -0.2) is 0 Å².